The maximum atomic E-state index is 13.4. The summed E-state index contributed by atoms with van der Waals surface area (Å²) < 4.78 is 10.9. The normalized spacial score (nSPS) is 21.8. The van der Waals surface area contributed by atoms with Crippen molar-refractivity contribution < 1.29 is 19.1 Å². The van der Waals surface area contributed by atoms with Crippen molar-refractivity contribution >= 4 is 17.5 Å². The second kappa shape index (κ2) is 10.6. The van der Waals surface area contributed by atoms with Gasteiger partial charge in [-0.2, -0.15) is 5.10 Å². The van der Waals surface area contributed by atoms with Gasteiger partial charge in [-0.25, -0.2) is 5.01 Å². The van der Waals surface area contributed by atoms with E-state index in [0.29, 0.717) is 31.0 Å². The van der Waals surface area contributed by atoms with E-state index in [1.54, 1.807) is 19.2 Å². The van der Waals surface area contributed by atoms with Crippen LogP contribution in [0.5, 0.6) is 11.5 Å². The number of methoxy groups -OCH3 is 2. The second-order valence-electron chi connectivity index (χ2n) is 9.70. The SMILES string of the molecule is COc1ccc(C2=NN(Cc3ccc(CN4CCCCC4=O)cc3)C(=O)[C@@H]3CC=CC[C@H]23)cc1OC. The van der Waals surface area contributed by atoms with E-state index in [1.165, 1.54) is 0 Å². The van der Waals surface area contributed by atoms with Crippen molar-refractivity contribution in [2.45, 2.75) is 45.2 Å². The van der Waals surface area contributed by atoms with Crippen molar-refractivity contribution in [2.24, 2.45) is 16.9 Å². The second-order valence-corrected chi connectivity index (χ2v) is 9.70. The Kier molecular flexibility index (Phi) is 7.07. The van der Waals surface area contributed by atoms with Gasteiger partial charge in [0.1, 0.15) is 0 Å². The molecule has 0 bridgehead atoms. The number of benzene rings is 2. The lowest BCUT2D eigenvalue weighted by Gasteiger charge is -2.37. The van der Waals surface area contributed by atoms with Crippen LogP contribution >= 0.6 is 0 Å². The van der Waals surface area contributed by atoms with Crippen LogP contribution in [-0.2, 0) is 22.7 Å². The lowest BCUT2D eigenvalue weighted by molar-refractivity contribution is -0.138. The number of rotatable bonds is 7. The summed E-state index contributed by atoms with van der Waals surface area (Å²) in [6.07, 6.45) is 8.46. The van der Waals surface area contributed by atoms with Gasteiger partial charge in [0, 0.05) is 31.0 Å². The van der Waals surface area contributed by atoms with E-state index in [2.05, 4.69) is 24.3 Å². The first-order chi connectivity index (χ1) is 17.6. The fourth-order valence-electron chi connectivity index (χ4n) is 5.39. The Morgan fingerprint density at radius 3 is 2.25 bits per heavy atom. The van der Waals surface area contributed by atoms with Gasteiger partial charge in [0.15, 0.2) is 11.5 Å². The smallest absolute Gasteiger partial charge is 0.247 e. The lowest BCUT2D eigenvalue weighted by Crippen LogP contribution is -2.45. The number of ether oxygens (including phenoxy) is 2. The van der Waals surface area contributed by atoms with Gasteiger partial charge in [0.25, 0.3) is 0 Å². The van der Waals surface area contributed by atoms with Crippen molar-refractivity contribution in [3.63, 3.8) is 0 Å². The van der Waals surface area contributed by atoms with Crippen molar-refractivity contribution in [2.75, 3.05) is 20.8 Å². The minimum Gasteiger partial charge on any atom is -0.493 e. The molecule has 1 fully saturated rings. The summed E-state index contributed by atoms with van der Waals surface area (Å²) in [5, 5.41) is 6.51. The van der Waals surface area contributed by atoms with Crippen LogP contribution in [0.1, 0.15) is 48.8 Å². The summed E-state index contributed by atoms with van der Waals surface area (Å²) in [5.41, 5.74) is 3.96. The maximum absolute atomic E-state index is 13.4. The predicted molar refractivity (Wildman–Crippen MR) is 138 cm³/mol. The third kappa shape index (κ3) is 4.87. The van der Waals surface area contributed by atoms with Gasteiger partial charge in [-0.15, -0.1) is 0 Å². The molecule has 0 radical (unpaired) electrons. The van der Waals surface area contributed by atoms with Crippen LogP contribution < -0.4 is 9.47 Å². The highest BCUT2D eigenvalue weighted by molar-refractivity contribution is 6.07. The summed E-state index contributed by atoms with van der Waals surface area (Å²) in [6, 6.07) is 14.0. The van der Waals surface area contributed by atoms with Gasteiger partial charge >= 0.3 is 0 Å². The Morgan fingerprint density at radius 2 is 1.56 bits per heavy atom. The lowest BCUT2D eigenvalue weighted by atomic mass is 9.76. The van der Waals surface area contributed by atoms with Gasteiger partial charge in [0.2, 0.25) is 11.8 Å². The predicted octanol–water partition coefficient (Wildman–Crippen LogP) is 4.55. The topological polar surface area (TPSA) is 71.4 Å². The van der Waals surface area contributed by atoms with Crippen LogP contribution in [0.2, 0.25) is 0 Å². The standard InChI is InChI=1S/C29H33N3O4/c1-35-25-15-14-22(17-26(25)36-2)28-23-7-3-4-8-24(23)29(34)32(30-28)19-21-12-10-20(11-13-21)18-31-16-6-5-9-27(31)33/h3-4,10-15,17,23-24H,5-9,16,18-19H2,1-2H3/t23-,24+/m0/s1. The van der Waals surface area contributed by atoms with Crippen molar-refractivity contribution in [1.29, 1.82) is 0 Å². The molecule has 2 aromatic rings. The average molecular weight is 488 g/mol. The van der Waals surface area contributed by atoms with E-state index in [0.717, 1.165) is 54.6 Å². The summed E-state index contributed by atoms with van der Waals surface area (Å²) >= 11 is 0. The molecule has 0 saturated carbocycles. The molecule has 0 N–H and O–H groups in total. The Bertz CT molecular complexity index is 1190. The van der Waals surface area contributed by atoms with E-state index in [9.17, 15) is 9.59 Å². The molecular weight excluding hydrogens is 454 g/mol. The minimum atomic E-state index is -0.125. The highest BCUT2D eigenvalue weighted by atomic mass is 16.5. The molecule has 0 spiro atoms. The largest absolute Gasteiger partial charge is 0.493 e. The third-order valence-electron chi connectivity index (χ3n) is 7.41. The molecule has 1 saturated heterocycles. The van der Waals surface area contributed by atoms with E-state index >= 15 is 0 Å². The number of fused-ring (bicyclic) bond motifs is 1. The van der Waals surface area contributed by atoms with Crippen molar-refractivity contribution in [3.8, 4) is 11.5 Å². The molecule has 7 nitrogen and oxygen atoms in total. The number of hydrogen-bond donors (Lipinski definition) is 0. The Morgan fingerprint density at radius 1 is 0.861 bits per heavy atom. The fraction of sp³-hybridized carbons (Fsp3) is 0.414. The first-order valence-corrected chi connectivity index (χ1v) is 12.7. The Hall–Kier alpha value is -3.61. The molecule has 5 rings (SSSR count). The Labute approximate surface area is 212 Å². The molecule has 2 amide bonds. The van der Waals surface area contributed by atoms with Gasteiger partial charge in [-0.1, -0.05) is 36.4 Å². The molecule has 2 aromatic carbocycles. The van der Waals surface area contributed by atoms with Gasteiger partial charge in [0.05, 0.1) is 32.4 Å². The molecule has 36 heavy (non-hydrogen) atoms. The zero-order chi connectivity index (χ0) is 25.1. The number of carbonyl (C=O) groups excluding carboxylic acids is 2. The number of hydrazone groups is 1. The monoisotopic (exact) mass is 487 g/mol. The molecule has 1 aliphatic carbocycles. The summed E-state index contributed by atoms with van der Waals surface area (Å²) in [4.78, 5) is 27.5. The quantitative estimate of drug-likeness (QED) is 0.538. The molecule has 2 atom stereocenters. The molecule has 3 aliphatic rings. The molecule has 7 heteroatoms. The number of piperidine rings is 1. The third-order valence-corrected chi connectivity index (χ3v) is 7.41. The number of allylic oxidation sites excluding steroid dienone is 2. The van der Waals surface area contributed by atoms with Gasteiger partial charge < -0.3 is 14.4 Å². The van der Waals surface area contributed by atoms with Crippen LogP contribution in [0.15, 0.2) is 59.7 Å². The van der Waals surface area contributed by atoms with Crippen LogP contribution in [-0.4, -0.2) is 48.2 Å². The molecular formula is C29H33N3O4. The summed E-state index contributed by atoms with van der Waals surface area (Å²) in [6.45, 7) is 1.87. The summed E-state index contributed by atoms with van der Waals surface area (Å²) in [5.74, 6) is 1.53. The van der Waals surface area contributed by atoms with E-state index in [4.69, 9.17) is 14.6 Å². The first kappa shape index (κ1) is 24.1. The Balaban J connectivity index is 1.38. The van der Waals surface area contributed by atoms with Crippen LogP contribution in [0.25, 0.3) is 0 Å². The molecule has 2 heterocycles. The van der Waals surface area contributed by atoms with E-state index < -0.39 is 0 Å². The van der Waals surface area contributed by atoms with Gasteiger partial charge in [-0.05, 0) is 55.0 Å². The molecule has 188 valence electrons. The number of nitrogens with zero attached hydrogens (tertiary/aromatic N) is 3. The number of hydrogen-bond acceptors (Lipinski definition) is 5. The zero-order valence-electron chi connectivity index (χ0n) is 21.0. The van der Waals surface area contributed by atoms with Crippen LogP contribution in [0.4, 0.5) is 0 Å². The zero-order valence-corrected chi connectivity index (χ0v) is 21.0. The van der Waals surface area contributed by atoms with E-state index in [-0.39, 0.29) is 23.7 Å². The van der Waals surface area contributed by atoms with Gasteiger partial charge in [-0.3, -0.25) is 9.59 Å². The maximum Gasteiger partial charge on any atom is 0.247 e. The average Bonchev–Trinajstić information content (AvgIpc) is 2.92. The summed E-state index contributed by atoms with van der Waals surface area (Å²) in [7, 11) is 3.24. The van der Waals surface area contributed by atoms with E-state index in [1.807, 2.05) is 35.2 Å². The van der Waals surface area contributed by atoms with Crippen molar-refractivity contribution in [3.05, 3.63) is 71.3 Å². The van der Waals surface area contributed by atoms with Crippen molar-refractivity contribution in [1.82, 2.24) is 9.91 Å². The molecule has 0 aromatic heterocycles. The first-order valence-electron chi connectivity index (χ1n) is 12.7. The number of carbonyl (C=O) groups is 2. The highest BCUT2D eigenvalue weighted by Gasteiger charge is 2.40. The molecule has 2 aliphatic heterocycles. The number of likely N-dealkylation sites (tertiary alicyclic amines) is 1. The minimum absolute atomic E-state index is 0.0429. The van der Waals surface area contributed by atoms with Crippen LogP contribution in [0, 0.1) is 11.8 Å². The number of amides is 2. The molecule has 0 unspecified atom stereocenters. The van der Waals surface area contributed by atoms with Crippen LogP contribution in [0.3, 0.4) is 0 Å². The highest BCUT2D eigenvalue weighted by Crippen LogP contribution is 2.37. The fourth-order valence-corrected chi connectivity index (χ4v) is 5.39.